The molecule has 3 aromatic carbocycles. The van der Waals surface area contributed by atoms with Crippen LogP contribution in [0.5, 0.6) is 0 Å². The highest BCUT2D eigenvalue weighted by Gasteiger charge is 2.22. The standard InChI is InChI=1S/C23H17ClN4O5S/c1-33-23(30)27-22(34)26-18-11-14(21(29)13-5-3-2-4-6-13)7-9-16(18)20(25)17-12-15(24)8-10-19(17)28(31)32/h2-12,25H,1H3,(H2,26,27,30,34). The Balaban J connectivity index is 2.09. The molecular weight excluding hydrogens is 480 g/mol. The zero-order chi connectivity index (χ0) is 24.8. The maximum atomic E-state index is 12.9. The van der Waals surface area contributed by atoms with Gasteiger partial charge in [0.25, 0.3) is 5.69 Å². The molecule has 0 fully saturated rings. The summed E-state index contributed by atoms with van der Waals surface area (Å²) in [5.74, 6) is -0.290. The van der Waals surface area contributed by atoms with E-state index in [4.69, 9.17) is 29.2 Å². The Morgan fingerprint density at radius 1 is 1.03 bits per heavy atom. The fourth-order valence-electron chi connectivity index (χ4n) is 3.07. The molecule has 3 N–H and O–H groups in total. The topological polar surface area (TPSA) is 134 Å². The summed E-state index contributed by atoms with van der Waals surface area (Å²) in [7, 11) is 1.16. The van der Waals surface area contributed by atoms with Gasteiger partial charge in [-0.2, -0.15) is 0 Å². The number of halogens is 1. The van der Waals surface area contributed by atoms with Crippen molar-refractivity contribution in [3.05, 3.63) is 104 Å². The average molecular weight is 497 g/mol. The number of anilines is 1. The number of hydrogen-bond acceptors (Lipinski definition) is 7. The molecule has 9 nitrogen and oxygen atoms in total. The number of methoxy groups -OCH3 is 1. The van der Waals surface area contributed by atoms with E-state index in [2.05, 4.69) is 15.4 Å². The second-order valence-electron chi connectivity index (χ2n) is 6.82. The lowest BCUT2D eigenvalue weighted by Gasteiger charge is -2.16. The SMILES string of the molecule is COC(=O)NC(=S)Nc1cc(C(=O)c2ccccc2)ccc1C(=N)c1cc(Cl)ccc1[N+](=O)[O-]. The summed E-state index contributed by atoms with van der Waals surface area (Å²) < 4.78 is 4.52. The van der Waals surface area contributed by atoms with Crippen LogP contribution in [0.25, 0.3) is 0 Å². The van der Waals surface area contributed by atoms with E-state index in [0.29, 0.717) is 5.56 Å². The first kappa shape index (κ1) is 24.5. The van der Waals surface area contributed by atoms with E-state index in [1.807, 2.05) is 0 Å². The summed E-state index contributed by atoms with van der Waals surface area (Å²) in [6, 6.07) is 16.8. The normalized spacial score (nSPS) is 10.2. The van der Waals surface area contributed by atoms with Crippen molar-refractivity contribution in [3.63, 3.8) is 0 Å². The molecule has 3 aromatic rings. The van der Waals surface area contributed by atoms with Crippen LogP contribution in [0, 0.1) is 15.5 Å². The Kier molecular flexibility index (Phi) is 7.67. The number of amides is 1. The first-order chi connectivity index (χ1) is 16.2. The highest BCUT2D eigenvalue weighted by molar-refractivity contribution is 7.80. The van der Waals surface area contributed by atoms with Crippen molar-refractivity contribution >= 4 is 57.9 Å². The van der Waals surface area contributed by atoms with Gasteiger partial charge in [-0.25, -0.2) is 4.79 Å². The second-order valence-corrected chi connectivity index (χ2v) is 7.66. The number of alkyl carbamates (subject to hydrolysis) is 1. The van der Waals surface area contributed by atoms with E-state index in [0.717, 1.165) is 7.11 Å². The Hall–Kier alpha value is -4.15. The van der Waals surface area contributed by atoms with Gasteiger partial charge in [-0.3, -0.25) is 25.6 Å². The molecule has 0 atom stereocenters. The Labute approximate surface area is 204 Å². The molecule has 0 unspecified atom stereocenters. The molecule has 0 radical (unpaired) electrons. The summed E-state index contributed by atoms with van der Waals surface area (Å²) >= 11 is 11.1. The van der Waals surface area contributed by atoms with Gasteiger partial charge in [0.15, 0.2) is 10.9 Å². The molecule has 0 aromatic heterocycles. The summed E-state index contributed by atoms with van der Waals surface area (Å²) in [5, 5.41) is 25.3. The lowest BCUT2D eigenvalue weighted by Crippen LogP contribution is -2.34. The van der Waals surface area contributed by atoms with Gasteiger partial charge in [-0.15, -0.1) is 0 Å². The Morgan fingerprint density at radius 3 is 2.38 bits per heavy atom. The number of hydrogen-bond donors (Lipinski definition) is 3. The van der Waals surface area contributed by atoms with E-state index in [1.165, 1.54) is 36.4 Å². The molecule has 0 aliphatic heterocycles. The van der Waals surface area contributed by atoms with Crippen LogP contribution in [0.1, 0.15) is 27.0 Å². The van der Waals surface area contributed by atoms with Gasteiger partial charge in [0.2, 0.25) is 0 Å². The number of thiocarbonyl (C=S) groups is 1. The van der Waals surface area contributed by atoms with Crippen LogP contribution in [0.3, 0.4) is 0 Å². The number of nitro benzene ring substituents is 1. The van der Waals surface area contributed by atoms with E-state index in [1.54, 1.807) is 30.3 Å². The highest BCUT2D eigenvalue weighted by atomic mass is 35.5. The van der Waals surface area contributed by atoms with Crippen LogP contribution in [-0.2, 0) is 4.74 Å². The zero-order valence-corrected chi connectivity index (χ0v) is 19.2. The number of carbonyl (C=O) groups excluding carboxylic acids is 2. The number of nitrogens with zero attached hydrogens (tertiary/aromatic N) is 1. The van der Waals surface area contributed by atoms with Crippen molar-refractivity contribution in [2.45, 2.75) is 0 Å². The molecule has 0 aliphatic rings. The largest absolute Gasteiger partial charge is 0.453 e. The second kappa shape index (κ2) is 10.6. The highest BCUT2D eigenvalue weighted by Crippen LogP contribution is 2.29. The van der Waals surface area contributed by atoms with E-state index in [-0.39, 0.29) is 49.7 Å². The van der Waals surface area contributed by atoms with Gasteiger partial charge in [0, 0.05) is 27.8 Å². The zero-order valence-electron chi connectivity index (χ0n) is 17.6. The average Bonchev–Trinajstić information content (AvgIpc) is 2.83. The van der Waals surface area contributed by atoms with Gasteiger partial charge in [0.05, 0.1) is 29.0 Å². The van der Waals surface area contributed by atoms with Crippen LogP contribution in [0.15, 0.2) is 66.7 Å². The minimum atomic E-state index is -0.823. The molecule has 0 heterocycles. The van der Waals surface area contributed by atoms with Gasteiger partial charge >= 0.3 is 6.09 Å². The third-order valence-electron chi connectivity index (χ3n) is 4.66. The number of nitro groups is 1. The number of benzene rings is 3. The van der Waals surface area contributed by atoms with Gasteiger partial charge < -0.3 is 10.1 Å². The maximum Gasteiger partial charge on any atom is 0.413 e. The van der Waals surface area contributed by atoms with Crippen LogP contribution in [0.4, 0.5) is 16.2 Å². The van der Waals surface area contributed by atoms with Crippen LogP contribution in [0.2, 0.25) is 5.02 Å². The number of carbonyl (C=O) groups is 2. The molecule has 0 aliphatic carbocycles. The summed E-state index contributed by atoms with van der Waals surface area (Å²) in [6.45, 7) is 0. The van der Waals surface area contributed by atoms with E-state index < -0.39 is 11.0 Å². The fourth-order valence-corrected chi connectivity index (χ4v) is 3.44. The summed E-state index contributed by atoms with van der Waals surface area (Å²) in [6.07, 6.45) is -0.823. The van der Waals surface area contributed by atoms with Crippen LogP contribution >= 0.6 is 23.8 Å². The number of ether oxygens (including phenoxy) is 1. The molecule has 34 heavy (non-hydrogen) atoms. The van der Waals surface area contributed by atoms with Crippen molar-refractivity contribution < 1.29 is 19.2 Å². The predicted octanol–water partition coefficient (Wildman–Crippen LogP) is 4.95. The molecule has 0 saturated carbocycles. The van der Waals surface area contributed by atoms with Crippen molar-refractivity contribution in [1.82, 2.24) is 5.32 Å². The van der Waals surface area contributed by atoms with Gasteiger partial charge in [-0.1, -0.05) is 48.0 Å². The Morgan fingerprint density at radius 2 is 1.74 bits per heavy atom. The van der Waals surface area contributed by atoms with Crippen molar-refractivity contribution in [2.24, 2.45) is 0 Å². The van der Waals surface area contributed by atoms with Crippen molar-refractivity contribution in [3.8, 4) is 0 Å². The number of ketones is 1. The van der Waals surface area contributed by atoms with E-state index in [9.17, 15) is 19.7 Å². The maximum absolute atomic E-state index is 12.9. The third-order valence-corrected chi connectivity index (χ3v) is 5.10. The quantitative estimate of drug-likeness (QED) is 0.144. The smallest absolute Gasteiger partial charge is 0.413 e. The molecule has 11 heteroatoms. The molecule has 3 rings (SSSR count). The van der Waals surface area contributed by atoms with Crippen molar-refractivity contribution in [1.29, 1.82) is 5.41 Å². The van der Waals surface area contributed by atoms with Crippen LogP contribution < -0.4 is 10.6 Å². The Bertz CT molecular complexity index is 1310. The minimum absolute atomic E-state index is 0.0328. The fraction of sp³-hybridized carbons (Fsp3) is 0.0435. The first-order valence-corrected chi connectivity index (χ1v) is 10.4. The predicted molar refractivity (Wildman–Crippen MR) is 132 cm³/mol. The number of nitrogens with one attached hydrogen (secondary N) is 3. The monoisotopic (exact) mass is 496 g/mol. The summed E-state index contributed by atoms with van der Waals surface area (Å²) in [4.78, 5) is 35.3. The molecule has 0 spiro atoms. The first-order valence-electron chi connectivity index (χ1n) is 9.64. The third kappa shape index (κ3) is 5.61. The van der Waals surface area contributed by atoms with Gasteiger partial charge in [-0.05, 0) is 36.5 Å². The molecular formula is C23H17ClN4O5S. The lowest BCUT2D eigenvalue weighted by molar-refractivity contribution is -0.385. The molecule has 1 amide bonds. The molecule has 172 valence electrons. The lowest BCUT2D eigenvalue weighted by atomic mass is 9.95. The minimum Gasteiger partial charge on any atom is -0.453 e. The van der Waals surface area contributed by atoms with Crippen molar-refractivity contribution in [2.75, 3.05) is 12.4 Å². The van der Waals surface area contributed by atoms with Crippen LogP contribution in [-0.4, -0.2) is 34.7 Å². The molecule has 0 saturated heterocycles. The number of rotatable bonds is 6. The summed E-state index contributed by atoms with van der Waals surface area (Å²) in [5.41, 5.74) is 0.473. The van der Waals surface area contributed by atoms with E-state index >= 15 is 0 Å². The van der Waals surface area contributed by atoms with Gasteiger partial charge in [0.1, 0.15) is 0 Å². The molecule has 0 bridgehead atoms.